The van der Waals surface area contributed by atoms with Crippen LogP contribution in [0.1, 0.15) is 23.2 Å². The summed E-state index contributed by atoms with van der Waals surface area (Å²) in [6, 6.07) is 6.11. The second kappa shape index (κ2) is 6.95. The molecule has 2 aliphatic rings. The molecule has 0 unspecified atom stereocenters. The van der Waals surface area contributed by atoms with E-state index in [9.17, 15) is 14.3 Å². The molecule has 6 heteroatoms. The number of halogens is 1. The normalized spacial score (nSPS) is 21.7. The highest BCUT2D eigenvalue weighted by molar-refractivity contribution is 5.94. The molecule has 2 fully saturated rings. The lowest BCUT2D eigenvalue weighted by Crippen LogP contribution is -2.55. The van der Waals surface area contributed by atoms with Crippen LogP contribution < -0.4 is 5.32 Å². The Bertz CT molecular complexity index is 549. The first-order valence-electron chi connectivity index (χ1n) is 8.08. The maximum atomic E-state index is 13.6. The molecule has 1 aromatic carbocycles. The first-order chi connectivity index (χ1) is 11.1. The van der Waals surface area contributed by atoms with Crippen LogP contribution in [0.4, 0.5) is 4.39 Å². The van der Waals surface area contributed by atoms with Crippen molar-refractivity contribution in [2.45, 2.75) is 18.9 Å². The molecule has 0 aromatic heterocycles. The molecule has 0 aliphatic carbocycles. The predicted octanol–water partition coefficient (Wildman–Crippen LogP) is 1.03. The van der Waals surface area contributed by atoms with Gasteiger partial charge in [-0.3, -0.25) is 4.79 Å². The van der Waals surface area contributed by atoms with Crippen molar-refractivity contribution in [1.82, 2.24) is 10.2 Å². The van der Waals surface area contributed by atoms with Gasteiger partial charge in [0.1, 0.15) is 5.82 Å². The monoisotopic (exact) mass is 322 g/mol. The molecule has 0 saturated carbocycles. The van der Waals surface area contributed by atoms with Gasteiger partial charge in [-0.05, 0) is 25.0 Å². The van der Waals surface area contributed by atoms with Gasteiger partial charge in [0.25, 0.3) is 5.91 Å². The zero-order chi connectivity index (χ0) is 16.3. The van der Waals surface area contributed by atoms with E-state index >= 15 is 0 Å². The minimum Gasteiger partial charge on any atom is -0.396 e. The average molecular weight is 322 g/mol. The number of likely N-dealkylation sites (tertiary alicyclic amines) is 1. The van der Waals surface area contributed by atoms with E-state index in [0.29, 0.717) is 13.2 Å². The van der Waals surface area contributed by atoms with Crippen LogP contribution >= 0.6 is 0 Å². The minimum absolute atomic E-state index is 0.0704. The number of rotatable bonds is 5. The number of hydrogen-bond acceptors (Lipinski definition) is 4. The highest BCUT2D eigenvalue weighted by Gasteiger charge is 2.40. The van der Waals surface area contributed by atoms with Crippen LogP contribution in [0.15, 0.2) is 24.3 Å². The third-order valence-corrected chi connectivity index (χ3v) is 4.75. The Hall–Kier alpha value is -1.50. The summed E-state index contributed by atoms with van der Waals surface area (Å²) < 4.78 is 18.8. The summed E-state index contributed by atoms with van der Waals surface area (Å²) in [6.07, 6.45) is 1.67. The largest absolute Gasteiger partial charge is 0.396 e. The molecule has 2 aliphatic heterocycles. The first-order valence-corrected chi connectivity index (χ1v) is 8.08. The molecular formula is C17H23FN2O3. The van der Waals surface area contributed by atoms with Gasteiger partial charge in [0.05, 0.1) is 30.8 Å². The van der Waals surface area contributed by atoms with Gasteiger partial charge in [-0.15, -0.1) is 0 Å². The van der Waals surface area contributed by atoms with E-state index in [4.69, 9.17) is 4.74 Å². The molecular weight excluding hydrogens is 299 g/mol. The Labute approximate surface area is 135 Å². The summed E-state index contributed by atoms with van der Waals surface area (Å²) >= 11 is 0. The average Bonchev–Trinajstić information content (AvgIpc) is 2.53. The van der Waals surface area contributed by atoms with Crippen LogP contribution in [0.25, 0.3) is 0 Å². The van der Waals surface area contributed by atoms with Gasteiger partial charge in [0.15, 0.2) is 0 Å². The molecule has 5 nitrogen and oxygen atoms in total. The highest BCUT2D eigenvalue weighted by Crippen LogP contribution is 2.29. The van der Waals surface area contributed by atoms with Crippen molar-refractivity contribution in [2.75, 3.05) is 39.5 Å². The van der Waals surface area contributed by atoms with Crippen LogP contribution in [0, 0.1) is 11.2 Å². The standard InChI is InChI=1S/C17H23FN2O3/c18-15-4-2-1-3-14(15)16(22)19-13-5-7-20(8-6-13)9-17(10-21)11-23-12-17/h1-4,13,21H,5-12H2,(H,19,22). The summed E-state index contributed by atoms with van der Waals surface area (Å²) in [5.41, 5.74) is -0.00994. The van der Waals surface area contributed by atoms with Gasteiger partial charge in [-0.1, -0.05) is 12.1 Å². The van der Waals surface area contributed by atoms with Crippen LogP contribution in [0.3, 0.4) is 0 Å². The summed E-state index contributed by atoms with van der Waals surface area (Å²) in [6.45, 7) is 3.95. The van der Waals surface area contributed by atoms with Gasteiger partial charge in [-0.25, -0.2) is 4.39 Å². The summed E-state index contributed by atoms with van der Waals surface area (Å²) in [5, 5.41) is 12.4. The number of nitrogens with zero attached hydrogens (tertiary/aromatic N) is 1. The number of carbonyl (C=O) groups is 1. The van der Waals surface area contributed by atoms with E-state index < -0.39 is 5.82 Å². The zero-order valence-electron chi connectivity index (χ0n) is 13.1. The Kier molecular flexibility index (Phi) is 4.94. The number of hydrogen-bond donors (Lipinski definition) is 2. The number of aliphatic hydroxyl groups is 1. The maximum absolute atomic E-state index is 13.6. The molecule has 0 atom stereocenters. The van der Waals surface area contributed by atoms with Crippen LogP contribution in [0.2, 0.25) is 0 Å². The van der Waals surface area contributed by atoms with E-state index in [1.807, 2.05) is 0 Å². The van der Waals surface area contributed by atoms with Crippen molar-refractivity contribution in [2.24, 2.45) is 5.41 Å². The van der Waals surface area contributed by atoms with Gasteiger partial charge in [-0.2, -0.15) is 0 Å². The maximum Gasteiger partial charge on any atom is 0.254 e. The summed E-state index contributed by atoms with van der Waals surface area (Å²) in [5.74, 6) is -0.835. The molecule has 3 rings (SSSR count). The van der Waals surface area contributed by atoms with Gasteiger partial charge >= 0.3 is 0 Å². The van der Waals surface area contributed by atoms with E-state index in [0.717, 1.165) is 32.5 Å². The van der Waals surface area contributed by atoms with Crippen LogP contribution in [-0.2, 0) is 4.74 Å². The number of aliphatic hydroxyl groups excluding tert-OH is 1. The molecule has 1 amide bonds. The van der Waals surface area contributed by atoms with Gasteiger partial charge in [0.2, 0.25) is 0 Å². The van der Waals surface area contributed by atoms with Crippen molar-refractivity contribution in [1.29, 1.82) is 0 Å². The fourth-order valence-corrected chi connectivity index (χ4v) is 3.24. The quantitative estimate of drug-likeness (QED) is 0.850. The molecule has 0 radical (unpaired) electrons. The van der Waals surface area contributed by atoms with Gasteiger partial charge in [0, 0.05) is 25.7 Å². The topological polar surface area (TPSA) is 61.8 Å². The third-order valence-electron chi connectivity index (χ3n) is 4.75. The smallest absolute Gasteiger partial charge is 0.254 e. The Morgan fingerprint density at radius 1 is 1.35 bits per heavy atom. The number of piperidine rings is 1. The van der Waals surface area contributed by atoms with Crippen LogP contribution in [0.5, 0.6) is 0 Å². The van der Waals surface area contributed by atoms with Crippen LogP contribution in [-0.4, -0.2) is 61.4 Å². The van der Waals surface area contributed by atoms with Crippen molar-refractivity contribution in [3.05, 3.63) is 35.6 Å². The predicted molar refractivity (Wildman–Crippen MR) is 83.7 cm³/mol. The molecule has 126 valence electrons. The van der Waals surface area contributed by atoms with Crippen molar-refractivity contribution in [3.63, 3.8) is 0 Å². The van der Waals surface area contributed by atoms with E-state index in [1.54, 1.807) is 12.1 Å². The molecule has 0 bridgehead atoms. The third kappa shape index (κ3) is 3.71. The fourth-order valence-electron chi connectivity index (χ4n) is 3.24. The Morgan fingerprint density at radius 3 is 2.61 bits per heavy atom. The highest BCUT2D eigenvalue weighted by atomic mass is 19.1. The molecule has 2 saturated heterocycles. The Morgan fingerprint density at radius 2 is 2.04 bits per heavy atom. The molecule has 1 aromatic rings. The molecule has 2 N–H and O–H groups in total. The number of amides is 1. The van der Waals surface area contributed by atoms with Crippen molar-refractivity contribution >= 4 is 5.91 Å². The second-order valence-electron chi connectivity index (χ2n) is 6.65. The van der Waals surface area contributed by atoms with Crippen molar-refractivity contribution < 1.29 is 19.0 Å². The summed E-state index contributed by atoms with van der Waals surface area (Å²) in [7, 11) is 0. The second-order valence-corrected chi connectivity index (χ2v) is 6.65. The fraction of sp³-hybridized carbons (Fsp3) is 0.588. The lowest BCUT2D eigenvalue weighted by atomic mass is 9.85. The molecule has 2 heterocycles. The van der Waals surface area contributed by atoms with Gasteiger partial charge < -0.3 is 20.1 Å². The van der Waals surface area contributed by atoms with E-state index in [-0.39, 0.29) is 29.5 Å². The Balaban J connectivity index is 1.48. The number of ether oxygens (including phenoxy) is 1. The number of nitrogens with one attached hydrogen (secondary N) is 1. The first kappa shape index (κ1) is 16.4. The van der Waals surface area contributed by atoms with E-state index in [1.165, 1.54) is 12.1 Å². The molecule has 23 heavy (non-hydrogen) atoms. The van der Waals surface area contributed by atoms with Crippen molar-refractivity contribution in [3.8, 4) is 0 Å². The SMILES string of the molecule is O=C(NC1CCN(CC2(CO)COC2)CC1)c1ccccc1F. The zero-order valence-corrected chi connectivity index (χ0v) is 13.1. The minimum atomic E-state index is -0.489. The molecule has 0 spiro atoms. The number of benzene rings is 1. The number of carbonyl (C=O) groups excluding carboxylic acids is 1. The van der Waals surface area contributed by atoms with E-state index in [2.05, 4.69) is 10.2 Å². The lowest BCUT2D eigenvalue weighted by Gasteiger charge is -2.45. The lowest BCUT2D eigenvalue weighted by molar-refractivity contribution is -0.149. The summed E-state index contributed by atoms with van der Waals surface area (Å²) in [4.78, 5) is 14.4.